The molecule has 0 saturated heterocycles. The summed E-state index contributed by atoms with van der Waals surface area (Å²) in [6.45, 7) is 4.50. The molecular weight excluding hydrogens is 765 g/mol. The minimum absolute atomic E-state index is 0. The van der Waals surface area contributed by atoms with E-state index in [1.165, 1.54) is 154 Å². The van der Waals surface area contributed by atoms with E-state index in [-0.39, 0.29) is 61.6 Å². The van der Waals surface area contributed by atoms with Crippen LogP contribution in [-0.2, 0) is 38.2 Å². The van der Waals surface area contributed by atoms with Crippen LogP contribution in [0, 0.1) is 0 Å². The Hall–Kier alpha value is -2.09. The van der Waals surface area contributed by atoms with Gasteiger partial charge < -0.3 is 40.7 Å². The van der Waals surface area contributed by atoms with Gasteiger partial charge in [-0.15, -0.1) is 0 Å². The Kier molecular flexibility index (Phi) is 48.7. The van der Waals surface area contributed by atoms with Gasteiger partial charge in [0.15, 0.2) is 0 Å². The normalized spacial score (nSPS) is 11.7. The first kappa shape index (κ1) is 61.2. The molecule has 0 aliphatic rings. The molecule has 2 unspecified atom stereocenters. The molecule has 0 aromatic heterocycles. The van der Waals surface area contributed by atoms with Crippen molar-refractivity contribution >= 4 is 58.9 Å². The predicted octanol–water partition coefficient (Wildman–Crippen LogP) is 7.97. The number of ether oxygens (including phenoxy) is 2. The summed E-state index contributed by atoms with van der Waals surface area (Å²) in [5, 5.41) is 20.7. The van der Waals surface area contributed by atoms with E-state index in [1.54, 1.807) is 0 Å². The van der Waals surface area contributed by atoms with Gasteiger partial charge in [0.2, 0.25) is 0 Å². The maximum Gasteiger partial charge on any atom is 2.00 e. The molecule has 0 amide bonds. The standard InChI is InChI=1S/2C23H43NO5.Mg/c2*1-2-3-4-5-6-7-8-9-10-11-12-13-14-15-16-17-22(27)29-23(28)20(24)18-19-21(25)26;/h2*20H,2-19,24H2,1H3,(H,25,26);/q;;+2/p-2. The number of carbonyl (C=O) groups excluding carboxylic acids is 6. The van der Waals surface area contributed by atoms with E-state index in [1.807, 2.05) is 0 Å². The molecule has 0 aliphatic heterocycles. The summed E-state index contributed by atoms with van der Waals surface area (Å²) >= 11 is 0. The second-order valence-electron chi connectivity index (χ2n) is 16.0. The molecule has 0 aliphatic carbocycles. The van der Waals surface area contributed by atoms with Gasteiger partial charge in [-0.2, -0.15) is 0 Å². The zero-order chi connectivity index (χ0) is 43.5. The summed E-state index contributed by atoms with van der Waals surface area (Å²) in [7, 11) is 0. The van der Waals surface area contributed by atoms with Crippen molar-refractivity contribution in [3.8, 4) is 0 Å². The fourth-order valence-corrected chi connectivity index (χ4v) is 6.54. The number of nitrogens with two attached hydrogens (primary N) is 2. The number of hydrogen-bond acceptors (Lipinski definition) is 12. The quantitative estimate of drug-likeness (QED) is 0.0260. The van der Waals surface area contributed by atoms with Gasteiger partial charge in [0.1, 0.15) is 12.1 Å². The van der Waals surface area contributed by atoms with Gasteiger partial charge in [0.25, 0.3) is 0 Å². The Morgan fingerprint density at radius 3 is 0.780 bits per heavy atom. The SMILES string of the molecule is CCCCCCCCCCCCCCCCCC(=O)OC(=O)C(N)CCC(=O)[O-].CCCCCCCCCCCCCCCCCC(=O)OC(=O)C(N)CCC(=O)[O-].[Mg+2]. The number of carboxylic acid groups (broad SMARTS) is 2. The van der Waals surface area contributed by atoms with Crippen molar-refractivity contribution in [3.05, 3.63) is 0 Å². The Labute approximate surface area is 374 Å². The molecule has 59 heavy (non-hydrogen) atoms. The van der Waals surface area contributed by atoms with Gasteiger partial charge in [0, 0.05) is 24.8 Å². The molecule has 0 saturated carbocycles. The van der Waals surface area contributed by atoms with E-state index in [4.69, 9.17) is 11.5 Å². The number of esters is 4. The van der Waals surface area contributed by atoms with Crippen molar-refractivity contribution in [2.24, 2.45) is 11.5 Å². The van der Waals surface area contributed by atoms with Crippen LogP contribution in [0.1, 0.15) is 245 Å². The van der Waals surface area contributed by atoms with Crippen LogP contribution in [0.2, 0.25) is 0 Å². The summed E-state index contributed by atoms with van der Waals surface area (Å²) in [5.74, 6) is -5.47. The summed E-state index contributed by atoms with van der Waals surface area (Å²) in [6.07, 6.45) is 37.0. The Morgan fingerprint density at radius 2 is 0.576 bits per heavy atom. The molecule has 4 N–H and O–H groups in total. The van der Waals surface area contributed by atoms with Crippen molar-refractivity contribution in [1.82, 2.24) is 0 Å². The Bertz CT molecular complexity index is 965. The fourth-order valence-electron chi connectivity index (χ4n) is 6.54. The maximum atomic E-state index is 11.6. The molecule has 12 nitrogen and oxygen atoms in total. The molecule has 0 bridgehead atoms. The van der Waals surface area contributed by atoms with E-state index in [0.29, 0.717) is 12.8 Å². The summed E-state index contributed by atoms with van der Waals surface area (Å²) in [5.41, 5.74) is 11.0. The van der Waals surface area contributed by atoms with E-state index >= 15 is 0 Å². The van der Waals surface area contributed by atoms with Crippen LogP contribution in [-0.4, -0.2) is 71.0 Å². The van der Waals surface area contributed by atoms with Gasteiger partial charge in [0.05, 0.1) is 0 Å². The number of aliphatic carboxylic acids is 2. The second-order valence-corrected chi connectivity index (χ2v) is 16.0. The molecule has 0 radical (unpaired) electrons. The number of rotatable bonds is 40. The van der Waals surface area contributed by atoms with E-state index in [2.05, 4.69) is 23.3 Å². The second kappa shape index (κ2) is 47.0. The predicted molar refractivity (Wildman–Crippen MR) is 231 cm³/mol. The maximum absolute atomic E-state index is 11.6. The van der Waals surface area contributed by atoms with Crippen LogP contribution in [0.4, 0.5) is 0 Å². The largest absolute Gasteiger partial charge is 2.00 e. The minimum atomic E-state index is -1.28. The zero-order valence-corrected chi connectivity index (χ0v) is 39.0. The first-order valence-corrected chi connectivity index (χ1v) is 23.3. The van der Waals surface area contributed by atoms with Crippen LogP contribution in [0.3, 0.4) is 0 Å². The number of hydrogen-bond donors (Lipinski definition) is 2. The molecular formula is C46H84MgN2O10. The van der Waals surface area contributed by atoms with Gasteiger partial charge in [-0.1, -0.05) is 194 Å². The van der Waals surface area contributed by atoms with Gasteiger partial charge in [-0.25, -0.2) is 9.59 Å². The number of carbonyl (C=O) groups is 6. The molecule has 0 heterocycles. The molecule has 0 fully saturated rings. The summed E-state index contributed by atoms with van der Waals surface area (Å²) < 4.78 is 9.29. The van der Waals surface area contributed by atoms with Crippen LogP contribution < -0.4 is 21.7 Å². The molecule has 340 valence electrons. The third-order valence-corrected chi connectivity index (χ3v) is 10.3. The van der Waals surface area contributed by atoms with Crippen LogP contribution >= 0.6 is 0 Å². The number of carboxylic acids is 2. The van der Waals surface area contributed by atoms with Gasteiger partial charge >= 0.3 is 46.9 Å². The average molecular weight is 849 g/mol. The van der Waals surface area contributed by atoms with Crippen molar-refractivity contribution in [1.29, 1.82) is 0 Å². The van der Waals surface area contributed by atoms with Gasteiger partial charge in [-0.3, -0.25) is 9.59 Å². The van der Waals surface area contributed by atoms with Crippen molar-refractivity contribution in [2.45, 2.75) is 257 Å². The molecule has 0 spiro atoms. The Balaban J connectivity index is -0.00000105. The van der Waals surface area contributed by atoms with E-state index in [0.717, 1.165) is 25.7 Å². The van der Waals surface area contributed by atoms with E-state index < -0.39 is 47.9 Å². The van der Waals surface area contributed by atoms with Gasteiger partial charge in [-0.05, 0) is 38.5 Å². The van der Waals surface area contributed by atoms with Crippen LogP contribution in [0.15, 0.2) is 0 Å². The fraction of sp³-hybridized carbons (Fsp3) is 0.870. The molecule has 2 atom stereocenters. The molecule has 13 heteroatoms. The summed E-state index contributed by atoms with van der Waals surface area (Å²) in [4.78, 5) is 67.0. The topological polar surface area (TPSA) is 219 Å². The number of unbranched alkanes of at least 4 members (excludes halogenated alkanes) is 28. The molecule has 0 rings (SSSR count). The zero-order valence-electron chi connectivity index (χ0n) is 37.6. The smallest absolute Gasteiger partial charge is 0.550 e. The van der Waals surface area contributed by atoms with Crippen molar-refractivity contribution in [3.63, 3.8) is 0 Å². The van der Waals surface area contributed by atoms with E-state index in [9.17, 15) is 39.0 Å². The Morgan fingerprint density at radius 1 is 0.373 bits per heavy atom. The van der Waals surface area contributed by atoms with Crippen LogP contribution in [0.25, 0.3) is 0 Å². The van der Waals surface area contributed by atoms with Crippen LogP contribution in [0.5, 0.6) is 0 Å². The molecule has 0 aromatic rings. The average Bonchev–Trinajstić information content (AvgIpc) is 3.19. The van der Waals surface area contributed by atoms with Crippen molar-refractivity contribution < 1.29 is 48.5 Å². The third kappa shape index (κ3) is 48.4. The monoisotopic (exact) mass is 849 g/mol. The third-order valence-electron chi connectivity index (χ3n) is 10.3. The first-order chi connectivity index (χ1) is 27.9. The minimum Gasteiger partial charge on any atom is -0.550 e. The first-order valence-electron chi connectivity index (χ1n) is 23.3. The van der Waals surface area contributed by atoms with Crippen molar-refractivity contribution in [2.75, 3.05) is 0 Å². The summed E-state index contributed by atoms with van der Waals surface area (Å²) in [6, 6.07) is -2.20. The molecule has 0 aromatic carbocycles.